The molecule has 0 radical (unpaired) electrons. The maximum Gasteiger partial charge on any atom is 0.374 e. The van der Waals surface area contributed by atoms with E-state index in [1.54, 1.807) is 0 Å². The topological polar surface area (TPSA) is 55.8 Å². The molecule has 0 aromatic carbocycles. The van der Waals surface area contributed by atoms with Crippen LogP contribution in [0.2, 0.25) is 0 Å². The number of aliphatic carboxylic acids is 1. The van der Waals surface area contributed by atoms with E-state index in [0.29, 0.717) is 5.92 Å². The van der Waals surface area contributed by atoms with Crippen LogP contribution >= 0.6 is 0 Å². The highest BCUT2D eigenvalue weighted by molar-refractivity contribution is 5.84. The molecule has 0 saturated heterocycles. The standard InChI is InChI=1S/C9H12O4/c10-8(11)7-5-12-9(13-7)6-3-1-2-4-6/h5-6,9H,1-4H2,(H,10,11). The Hall–Kier alpha value is -1.19. The highest BCUT2D eigenvalue weighted by Gasteiger charge is 2.33. The Morgan fingerprint density at radius 1 is 1.46 bits per heavy atom. The molecular formula is C9H12O4. The second kappa shape index (κ2) is 3.28. The van der Waals surface area contributed by atoms with Gasteiger partial charge in [-0.25, -0.2) is 4.79 Å². The minimum Gasteiger partial charge on any atom is -0.475 e. The van der Waals surface area contributed by atoms with Crippen LogP contribution in [0.1, 0.15) is 25.7 Å². The summed E-state index contributed by atoms with van der Waals surface area (Å²) in [6.07, 6.45) is 5.38. The molecule has 0 aromatic heterocycles. The van der Waals surface area contributed by atoms with E-state index < -0.39 is 5.97 Å². The number of carboxylic acids is 1. The molecule has 0 bridgehead atoms. The van der Waals surface area contributed by atoms with E-state index in [4.69, 9.17) is 14.6 Å². The molecule has 0 amide bonds. The number of hydrogen-bond donors (Lipinski definition) is 1. The minimum absolute atomic E-state index is 0.0723. The van der Waals surface area contributed by atoms with Gasteiger partial charge in [0, 0.05) is 5.92 Å². The zero-order chi connectivity index (χ0) is 9.26. The lowest BCUT2D eigenvalue weighted by Gasteiger charge is -2.16. The first kappa shape index (κ1) is 8.41. The van der Waals surface area contributed by atoms with Gasteiger partial charge in [0.2, 0.25) is 12.0 Å². The van der Waals surface area contributed by atoms with Crippen molar-refractivity contribution in [3.05, 3.63) is 12.0 Å². The van der Waals surface area contributed by atoms with Gasteiger partial charge < -0.3 is 14.6 Å². The van der Waals surface area contributed by atoms with Crippen molar-refractivity contribution in [1.82, 2.24) is 0 Å². The van der Waals surface area contributed by atoms with Gasteiger partial charge >= 0.3 is 5.97 Å². The van der Waals surface area contributed by atoms with E-state index in [2.05, 4.69) is 0 Å². The van der Waals surface area contributed by atoms with Crippen LogP contribution in [0.4, 0.5) is 0 Å². The number of hydrogen-bond acceptors (Lipinski definition) is 3. The maximum atomic E-state index is 10.5. The second-order valence-electron chi connectivity index (χ2n) is 3.45. The van der Waals surface area contributed by atoms with Gasteiger partial charge in [-0.05, 0) is 12.8 Å². The third kappa shape index (κ3) is 1.61. The van der Waals surface area contributed by atoms with Crippen LogP contribution in [0.15, 0.2) is 12.0 Å². The minimum atomic E-state index is -1.06. The molecule has 1 N–H and O–H groups in total. The van der Waals surface area contributed by atoms with Crippen molar-refractivity contribution in [1.29, 1.82) is 0 Å². The molecule has 1 fully saturated rings. The summed E-state index contributed by atoms with van der Waals surface area (Å²) in [6.45, 7) is 0. The molecule has 13 heavy (non-hydrogen) atoms. The first-order valence-electron chi connectivity index (χ1n) is 4.53. The Morgan fingerprint density at radius 3 is 2.69 bits per heavy atom. The smallest absolute Gasteiger partial charge is 0.374 e. The lowest BCUT2D eigenvalue weighted by Crippen LogP contribution is -2.20. The summed E-state index contributed by atoms with van der Waals surface area (Å²) in [5, 5.41) is 8.60. The van der Waals surface area contributed by atoms with Crippen LogP contribution in [0, 0.1) is 5.92 Å². The fourth-order valence-electron chi connectivity index (χ4n) is 1.85. The van der Waals surface area contributed by atoms with Crippen molar-refractivity contribution in [3.8, 4) is 0 Å². The molecule has 72 valence electrons. The molecule has 1 unspecified atom stereocenters. The summed E-state index contributed by atoms with van der Waals surface area (Å²) in [4.78, 5) is 10.5. The SMILES string of the molecule is O=C(O)C1=COC(C2CCCC2)O1. The molecule has 2 rings (SSSR count). The molecule has 0 aromatic rings. The molecule has 2 aliphatic rings. The zero-order valence-corrected chi connectivity index (χ0v) is 7.23. The number of rotatable bonds is 2. The highest BCUT2D eigenvalue weighted by Crippen LogP contribution is 2.33. The van der Waals surface area contributed by atoms with E-state index in [1.165, 1.54) is 19.1 Å². The summed E-state index contributed by atoms with van der Waals surface area (Å²) in [6, 6.07) is 0. The van der Waals surface area contributed by atoms with Crippen LogP contribution < -0.4 is 0 Å². The predicted molar refractivity (Wildman–Crippen MR) is 43.6 cm³/mol. The average molecular weight is 184 g/mol. The molecule has 4 heteroatoms. The molecular weight excluding hydrogens is 172 g/mol. The van der Waals surface area contributed by atoms with Crippen molar-refractivity contribution >= 4 is 5.97 Å². The average Bonchev–Trinajstić information content (AvgIpc) is 2.75. The summed E-state index contributed by atoms with van der Waals surface area (Å²) in [5.74, 6) is -0.759. The predicted octanol–water partition coefficient (Wildman–Crippen LogP) is 1.48. The van der Waals surface area contributed by atoms with E-state index in [1.807, 2.05) is 0 Å². The Morgan fingerprint density at radius 2 is 2.15 bits per heavy atom. The first-order valence-corrected chi connectivity index (χ1v) is 4.53. The van der Waals surface area contributed by atoms with Gasteiger partial charge in [0.15, 0.2) is 0 Å². The van der Waals surface area contributed by atoms with Crippen LogP contribution in [0.3, 0.4) is 0 Å². The number of carbonyl (C=O) groups is 1. The van der Waals surface area contributed by atoms with Crippen LogP contribution in [0.25, 0.3) is 0 Å². The molecule has 0 spiro atoms. The fraction of sp³-hybridized carbons (Fsp3) is 0.667. The Kier molecular flexibility index (Phi) is 2.12. The number of carboxylic acid groups (broad SMARTS) is 1. The molecule has 1 atom stereocenters. The van der Waals surface area contributed by atoms with Gasteiger partial charge in [0.05, 0.1) is 0 Å². The molecule has 1 heterocycles. The van der Waals surface area contributed by atoms with Gasteiger partial charge in [0.1, 0.15) is 6.26 Å². The normalized spacial score (nSPS) is 28.0. The van der Waals surface area contributed by atoms with Crippen LogP contribution in [0.5, 0.6) is 0 Å². The lowest BCUT2D eigenvalue weighted by atomic mass is 10.1. The lowest BCUT2D eigenvalue weighted by molar-refractivity contribution is -0.141. The van der Waals surface area contributed by atoms with E-state index >= 15 is 0 Å². The molecule has 1 saturated carbocycles. The van der Waals surface area contributed by atoms with Gasteiger partial charge in [-0.3, -0.25) is 0 Å². The van der Waals surface area contributed by atoms with Gasteiger partial charge in [-0.2, -0.15) is 0 Å². The van der Waals surface area contributed by atoms with Crippen LogP contribution in [-0.2, 0) is 14.3 Å². The molecule has 1 aliphatic carbocycles. The Balaban J connectivity index is 1.90. The van der Waals surface area contributed by atoms with Gasteiger partial charge in [-0.15, -0.1) is 0 Å². The van der Waals surface area contributed by atoms with Crippen molar-refractivity contribution in [2.24, 2.45) is 5.92 Å². The van der Waals surface area contributed by atoms with E-state index in [-0.39, 0.29) is 12.0 Å². The summed E-state index contributed by atoms with van der Waals surface area (Å²) in [5.41, 5.74) is 0. The molecule has 1 aliphatic heterocycles. The third-order valence-corrected chi connectivity index (χ3v) is 2.55. The van der Waals surface area contributed by atoms with Crippen molar-refractivity contribution in [3.63, 3.8) is 0 Å². The maximum absolute atomic E-state index is 10.5. The van der Waals surface area contributed by atoms with Gasteiger partial charge in [-0.1, -0.05) is 12.8 Å². The third-order valence-electron chi connectivity index (χ3n) is 2.55. The van der Waals surface area contributed by atoms with Crippen molar-refractivity contribution < 1.29 is 19.4 Å². The summed E-state index contributed by atoms with van der Waals surface area (Å²) < 4.78 is 10.3. The fourth-order valence-corrected chi connectivity index (χ4v) is 1.85. The Labute approximate surface area is 76.1 Å². The highest BCUT2D eigenvalue weighted by atomic mass is 16.7. The van der Waals surface area contributed by atoms with E-state index in [0.717, 1.165) is 12.8 Å². The molecule has 4 nitrogen and oxygen atoms in total. The monoisotopic (exact) mass is 184 g/mol. The Bertz CT molecular complexity index is 240. The van der Waals surface area contributed by atoms with Crippen molar-refractivity contribution in [2.45, 2.75) is 32.0 Å². The first-order chi connectivity index (χ1) is 6.27. The van der Waals surface area contributed by atoms with E-state index in [9.17, 15) is 4.79 Å². The summed E-state index contributed by atoms with van der Waals surface area (Å²) in [7, 11) is 0. The summed E-state index contributed by atoms with van der Waals surface area (Å²) >= 11 is 0. The second-order valence-corrected chi connectivity index (χ2v) is 3.45. The largest absolute Gasteiger partial charge is 0.475 e. The van der Waals surface area contributed by atoms with Crippen LogP contribution in [-0.4, -0.2) is 17.4 Å². The zero-order valence-electron chi connectivity index (χ0n) is 7.23. The van der Waals surface area contributed by atoms with Crippen molar-refractivity contribution in [2.75, 3.05) is 0 Å². The van der Waals surface area contributed by atoms with Gasteiger partial charge in [0.25, 0.3) is 0 Å². The quantitative estimate of drug-likeness (QED) is 0.706. The number of ether oxygens (including phenoxy) is 2.